The largest absolute Gasteiger partial charge is 1.00 e. The summed E-state index contributed by atoms with van der Waals surface area (Å²) in [7, 11) is 0. The van der Waals surface area contributed by atoms with Gasteiger partial charge in [0, 0.05) is 0 Å². The molecule has 2 aliphatic carbocycles. The predicted octanol–water partition coefficient (Wildman–Crippen LogP) is 6.66. The summed E-state index contributed by atoms with van der Waals surface area (Å²) < 4.78 is 0.681. The smallest absolute Gasteiger partial charge is 1.00 e. The molecular formula is C48H44Cl2N2Zr. The first-order valence-corrected chi connectivity index (χ1v) is 21.1. The Morgan fingerprint density at radius 1 is 0.491 bits per heavy atom. The average Bonchev–Trinajstić information content (AvgIpc) is 3.71. The molecule has 0 saturated heterocycles. The maximum Gasteiger partial charge on any atom is -1.00 e. The van der Waals surface area contributed by atoms with Crippen LogP contribution in [0, 0.1) is 13.8 Å². The Morgan fingerprint density at radius 3 is 1.23 bits per heavy atom. The van der Waals surface area contributed by atoms with Crippen molar-refractivity contribution in [1.29, 1.82) is 0 Å². The van der Waals surface area contributed by atoms with Gasteiger partial charge in [-0.2, -0.15) is 0 Å². The van der Waals surface area contributed by atoms with Crippen LogP contribution >= 0.6 is 0 Å². The van der Waals surface area contributed by atoms with E-state index in [4.69, 9.17) is 9.97 Å². The average molecular weight is 811 g/mol. The Kier molecular flexibility index (Phi) is 11.9. The van der Waals surface area contributed by atoms with Gasteiger partial charge >= 0.3 is 317 Å². The molecule has 2 heterocycles. The molecule has 8 rings (SSSR count). The zero-order valence-corrected chi connectivity index (χ0v) is 35.1. The number of halogens is 2. The Bertz CT molecular complexity index is 2120. The number of aryl methyl sites for hydroxylation is 2. The van der Waals surface area contributed by atoms with Crippen molar-refractivity contribution >= 4 is 23.3 Å². The molecule has 0 N–H and O–H groups in total. The van der Waals surface area contributed by atoms with Gasteiger partial charge in [0.1, 0.15) is 0 Å². The summed E-state index contributed by atoms with van der Waals surface area (Å²) >= 11 is -1.31. The molecule has 2 atom stereocenters. The maximum atomic E-state index is 5.04. The van der Waals surface area contributed by atoms with E-state index < -0.39 is 23.2 Å². The number of aromatic nitrogens is 2. The van der Waals surface area contributed by atoms with E-state index in [1.165, 1.54) is 77.9 Å². The van der Waals surface area contributed by atoms with Crippen LogP contribution in [0.5, 0.6) is 0 Å². The molecule has 2 unspecified atom stereocenters. The molecule has 0 amide bonds. The molecule has 0 radical (unpaired) electrons. The van der Waals surface area contributed by atoms with Gasteiger partial charge in [0.25, 0.3) is 0 Å². The van der Waals surface area contributed by atoms with E-state index in [0.29, 0.717) is 19.1 Å². The second kappa shape index (κ2) is 16.2. The van der Waals surface area contributed by atoms with Crippen molar-refractivity contribution in [3.63, 3.8) is 0 Å². The fourth-order valence-corrected chi connectivity index (χ4v) is 12.6. The van der Waals surface area contributed by atoms with Crippen molar-refractivity contribution in [3.8, 4) is 22.3 Å². The van der Waals surface area contributed by atoms with E-state index >= 15 is 0 Å². The van der Waals surface area contributed by atoms with Crippen LogP contribution in [0.1, 0.15) is 103 Å². The third-order valence-electron chi connectivity index (χ3n) is 10.6. The van der Waals surface area contributed by atoms with E-state index in [9.17, 15) is 0 Å². The third kappa shape index (κ3) is 7.59. The molecule has 2 aliphatic rings. The molecule has 0 saturated carbocycles. The Morgan fingerprint density at radius 2 is 0.887 bits per heavy atom. The maximum absolute atomic E-state index is 5.04. The topological polar surface area (TPSA) is 25.8 Å². The number of rotatable bonds is 8. The molecule has 4 aromatic carbocycles. The van der Waals surface area contributed by atoms with Gasteiger partial charge in [-0.1, -0.05) is 0 Å². The van der Waals surface area contributed by atoms with E-state index in [0.717, 1.165) is 11.4 Å². The molecule has 0 spiro atoms. The fraction of sp³-hybridized carbons (Fsp3) is 0.208. The number of nitrogens with zero attached hydrogens (tertiary/aromatic N) is 2. The summed E-state index contributed by atoms with van der Waals surface area (Å²) in [4.78, 5) is 10.1. The van der Waals surface area contributed by atoms with Crippen molar-refractivity contribution < 1.29 is 48.0 Å². The van der Waals surface area contributed by atoms with Gasteiger partial charge in [-0.15, -0.1) is 0 Å². The van der Waals surface area contributed by atoms with E-state index in [-0.39, 0.29) is 24.8 Å². The van der Waals surface area contributed by atoms with Crippen molar-refractivity contribution in [2.45, 2.75) is 60.6 Å². The van der Waals surface area contributed by atoms with Crippen LogP contribution in [-0.2, 0) is 23.2 Å². The molecule has 0 bridgehead atoms. The molecule has 0 aliphatic heterocycles. The van der Waals surface area contributed by atoms with Crippen molar-refractivity contribution in [3.05, 3.63) is 177 Å². The summed E-state index contributed by atoms with van der Waals surface area (Å²) in [5.41, 5.74) is 20.8. The normalized spacial score (nSPS) is 15.5. The van der Waals surface area contributed by atoms with Crippen LogP contribution in [0.15, 0.2) is 122 Å². The van der Waals surface area contributed by atoms with Crippen LogP contribution in [0.3, 0.4) is 0 Å². The second-order valence-electron chi connectivity index (χ2n) is 14.8. The summed E-state index contributed by atoms with van der Waals surface area (Å²) in [6.45, 7) is 13.3. The van der Waals surface area contributed by atoms with Crippen LogP contribution < -0.4 is 24.8 Å². The number of hydrogen-bond donors (Lipinski definition) is 0. The summed E-state index contributed by atoms with van der Waals surface area (Å²) in [6, 6.07) is 41.2. The minimum absolute atomic E-state index is 0. The molecule has 53 heavy (non-hydrogen) atoms. The molecule has 6 aromatic rings. The van der Waals surface area contributed by atoms with E-state index in [1.807, 2.05) is 12.4 Å². The van der Waals surface area contributed by atoms with Crippen molar-refractivity contribution in [2.24, 2.45) is 0 Å². The van der Waals surface area contributed by atoms with Gasteiger partial charge in [-0.25, -0.2) is 0 Å². The Balaban J connectivity index is 0.00000240. The second-order valence-corrected chi connectivity index (χ2v) is 18.5. The zero-order valence-electron chi connectivity index (χ0n) is 31.2. The van der Waals surface area contributed by atoms with Crippen molar-refractivity contribution in [1.82, 2.24) is 9.97 Å². The number of pyridine rings is 2. The number of allylic oxidation sites excluding steroid dienone is 2. The first kappa shape index (κ1) is 38.8. The quantitative estimate of drug-likeness (QED) is 0.172. The van der Waals surface area contributed by atoms with Gasteiger partial charge in [-0.05, 0) is 0 Å². The first-order valence-electron chi connectivity index (χ1n) is 18.3. The minimum atomic E-state index is -1.31. The Hall–Kier alpha value is -3.88. The fourth-order valence-electron chi connectivity index (χ4n) is 7.65. The van der Waals surface area contributed by atoms with Gasteiger partial charge in [-0.3, -0.25) is 0 Å². The molecule has 0 fully saturated rings. The predicted molar refractivity (Wildman–Crippen MR) is 211 cm³/mol. The van der Waals surface area contributed by atoms with Crippen LogP contribution in [-0.4, -0.2) is 9.97 Å². The van der Waals surface area contributed by atoms with Gasteiger partial charge < -0.3 is 24.8 Å². The van der Waals surface area contributed by atoms with Gasteiger partial charge in [0.2, 0.25) is 0 Å². The van der Waals surface area contributed by atoms with Crippen molar-refractivity contribution in [2.75, 3.05) is 0 Å². The standard InChI is InChI=1S/2C24H22N.2ClH.Zr/c2*1-16(2)18-8-10-19(11-9-18)22-6-4-5-20-13-21(14-23(20)22)24-12-7-17(3)15-25-24;;;/h2*4-16H,1-3H3;2*1H;/q;;;;+2/p-2. The summed E-state index contributed by atoms with van der Waals surface area (Å²) in [5.74, 6) is 1.02. The molecule has 5 heteroatoms. The first-order chi connectivity index (χ1) is 24.7. The number of hydrogen-bond acceptors (Lipinski definition) is 2. The Labute approximate surface area is 339 Å². The SMILES string of the molecule is Cc1ccc(C2=Cc3c(-c4ccc(C(C)C)cc4)cccc3[CH]2[Zr+2][CH]2C(c3ccc(C)cn3)=Cc3c(-c4ccc(C(C)C)cc4)cccc32)nc1.[Cl-].[Cl-]. The molecular weight excluding hydrogens is 767 g/mol. The van der Waals surface area contributed by atoms with E-state index in [1.54, 1.807) is 0 Å². The monoisotopic (exact) mass is 808 g/mol. The van der Waals surface area contributed by atoms with Gasteiger partial charge in [0.15, 0.2) is 0 Å². The third-order valence-corrected chi connectivity index (χ3v) is 15.3. The number of fused-ring (bicyclic) bond motifs is 2. The van der Waals surface area contributed by atoms with Gasteiger partial charge in [0.05, 0.1) is 0 Å². The van der Waals surface area contributed by atoms with Crippen LogP contribution in [0.2, 0.25) is 0 Å². The van der Waals surface area contributed by atoms with E-state index in [2.05, 4.69) is 163 Å². The summed E-state index contributed by atoms with van der Waals surface area (Å²) in [5, 5.41) is 0. The summed E-state index contributed by atoms with van der Waals surface area (Å²) in [6.07, 6.45) is 8.99. The molecule has 2 nitrogen and oxygen atoms in total. The zero-order chi connectivity index (χ0) is 35.2. The molecule has 264 valence electrons. The molecule has 2 aromatic heterocycles. The van der Waals surface area contributed by atoms with Crippen LogP contribution in [0.25, 0.3) is 45.6 Å². The minimum Gasteiger partial charge on any atom is -1.00 e. The number of benzene rings is 4. The van der Waals surface area contributed by atoms with Crippen LogP contribution in [0.4, 0.5) is 0 Å².